The van der Waals surface area contributed by atoms with Crippen LogP contribution in [0.5, 0.6) is 0 Å². The van der Waals surface area contributed by atoms with Crippen LogP contribution in [-0.4, -0.2) is 14.5 Å². The van der Waals surface area contributed by atoms with Gasteiger partial charge >= 0.3 is 0 Å². The van der Waals surface area contributed by atoms with Crippen LogP contribution in [0, 0.1) is 11.2 Å². The average Bonchev–Trinajstić information content (AvgIpc) is 2.67. The van der Waals surface area contributed by atoms with Crippen LogP contribution >= 0.6 is 0 Å². The molecule has 3 N–H and O–H groups in total. The molecule has 0 spiro atoms. The third-order valence-electron chi connectivity index (χ3n) is 3.81. The smallest absolute Gasteiger partial charge is 0.243 e. The first-order chi connectivity index (χ1) is 9.23. The summed E-state index contributed by atoms with van der Waals surface area (Å²) in [5.41, 5.74) is 6.11. The molecule has 1 aromatic carbocycles. The van der Waals surface area contributed by atoms with Crippen LogP contribution in [0.2, 0.25) is 0 Å². The Kier molecular flexibility index (Phi) is 4.18. The van der Waals surface area contributed by atoms with Gasteiger partial charge in [0.05, 0.1) is 0 Å². The average molecular weight is 300 g/mol. The molecule has 4 nitrogen and oxygen atoms in total. The second-order valence-electron chi connectivity index (χ2n) is 6.19. The van der Waals surface area contributed by atoms with Gasteiger partial charge in [0, 0.05) is 12.6 Å². The largest absolute Gasteiger partial charge is 0.326 e. The first-order valence-electron chi connectivity index (χ1n) is 6.74. The number of sulfonamides is 1. The highest BCUT2D eigenvalue weighted by atomic mass is 32.2. The Morgan fingerprint density at radius 3 is 2.65 bits per heavy atom. The number of hydrogen-bond acceptors (Lipinski definition) is 3. The van der Waals surface area contributed by atoms with Gasteiger partial charge in [-0.2, -0.15) is 0 Å². The molecule has 0 amide bonds. The van der Waals surface area contributed by atoms with Gasteiger partial charge in [-0.1, -0.05) is 19.9 Å². The highest BCUT2D eigenvalue weighted by molar-refractivity contribution is 7.89. The van der Waals surface area contributed by atoms with Crippen molar-refractivity contribution < 1.29 is 12.8 Å². The minimum absolute atomic E-state index is 0.122. The van der Waals surface area contributed by atoms with Crippen molar-refractivity contribution in [2.75, 3.05) is 0 Å². The van der Waals surface area contributed by atoms with Crippen LogP contribution in [0.15, 0.2) is 23.1 Å². The van der Waals surface area contributed by atoms with E-state index in [0.29, 0.717) is 5.56 Å². The summed E-state index contributed by atoms with van der Waals surface area (Å²) in [5, 5.41) is 0. The summed E-state index contributed by atoms with van der Waals surface area (Å²) in [6, 6.07) is 3.87. The van der Waals surface area contributed by atoms with Crippen molar-refractivity contribution in [2.45, 2.75) is 50.6 Å². The Morgan fingerprint density at radius 1 is 1.45 bits per heavy atom. The Hall–Kier alpha value is -0.980. The summed E-state index contributed by atoms with van der Waals surface area (Å²) in [4.78, 5) is -0.306. The minimum Gasteiger partial charge on any atom is -0.326 e. The predicted octanol–water partition coefficient (Wildman–Crippen LogP) is 2.14. The minimum atomic E-state index is -3.82. The Morgan fingerprint density at radius 2 is 2.15 bits per heavy atom. The van der Waals surface area contributed by atoms with Crippen molar-refractivity contribution in [3.63, 3.8) is 0 Å². The first-order valence-corrected chi connectivity index (χ1v) is 8.23. The van der Waals surface area contributed by atoms with Crippen LogP contribution < -0.4 is 10.5 Å². The first kappa shape index (κ1) is 15.4. The maximum Gasteiger partial charge on any atom is 0.243 e. The number of benzene rings is 1. The maximum atomic E-state index is 13.9. The predicted molar refractivity (Wildman–Crippen MR) is 76.0 cm³/mol. The summed E-state index contributed by atoms with van der Waals surface area (Å²) in [6.45, 7) is 4.40. The molecule has 112 valence electrons. The lowest BCUT2D eigenvalue weighted by Crippen LogP contribution is -2.34. The lowest BCUT2D eigenvalue weighted by molar-refractivity contribution is 0.372. The van der Waals surface area contributed by atoms with Gasteiger partial charge in [0.15, 0.2) is 0 Å². The van der Waals surface area contributed by atoms with Gasteiger partial charge in [-0.3, -0.25) is 0 Å². The molecular weight excluding hydrogens is 279 g/mol. The molecule has 6 heteroatoms. The summed E-state index contributed by atoms with van der Waals surface area (Å²) in [7, 11) is -3.82. The Balaban J connectivity index is 2.19. The van der Waals surface area contributed by atoms with Crippen molar-refractivity contribution in [3.8, 4) is 0 Å². The summed E-state index contributed by atoms with van der Waals surface area (Å²) >= 11 is 0. The quantitative estimate of drug-likeness (QED) is 0.895. The van der Waals surface area contributed by atoms with Crippen LogP contribution in [0.3, 0.4) is 0 Å². The zero-order valence-corrected chi connectivity index (χ0v) is 12.6. The molecular formula is C14H21FN2O2S. The van der Waals surface area contributed by atoms with Crippen molar-refractivity contribution >= 4 is 10.0 Å². The zero-order valence-electron chi connectivity index (χ0n) is 11.8. The molecule has 0 bridgehead atoms. The van der Waals surface area contributed by atoms with Crippen molar-refractivity contribution in [1.29, 1.82) is 0 Å². The van der Waals surface area contributed by atoms with E-state index in [2.05, 4.69) is 18.6 Å². The molecule has 0 radical (unpaired) electrons. The zero-order chi connectivity index (χ0) is 15.0. The van der Waals surface area contributed by atoms with Crippen molar-refractivity contribution in [1.82, 2.24) is 4.72 Å². The molecule has 1 aromatic rings. The number of nitrogens with one attached hydrogen (secondary N) is 1. The van der Waals surface area contributed by atoms with E-state index < -0.39 is 15.8 Å². The monoisotopic (exact) mass is 300 g/mol. The Labute approximate surface area is 119 Å². The van der Waals surface area contributed by atoms with Crippen molar-refractivity contribution in [3.05, 3.63) is 29.6 Å². The number of hydrogen-bond donors (Lipinski definition) is 2. The number of rotatable bonds is 4. The van der Waals surface area contributed by atoms with Gasteiger partial charge in [-0.05, 0) is 42.4 Å². The molecule has 1 aliphatic rings. The lowest BCUT2D eigenvalue weighted by atomic mass is 9.92. The van der Waals surface area contributed by atoms with E-state index in [-0.39, 0.29) is 22.9 Å². The van der Waals surface area contributed by atoms with Crippen LogP contribution in [-0.2, 0) is 16.6 Å². The van der Waals surface area contributed by atoms with E-state index in [1.165, 1.54) is 18.2 Å². The second-order valence-corrected chi connectivity index (χ2v) is 7.88. The number of nitrogens with two attached hydrogens (primary N) is 1. The topological polar surface area (TPSA) is 72.2 Å². The molecule has 1 fully saturated rings. The van der Waals surface area contributed by atoms with E-state index in [0.717, 1.165) is 19.3 Å². The molecule has 1 aliphatic carbocycles. The van der Waals surface area contributed by atoms with E-state index >= 15 is 0 Å². The molecule has 0 aliphatic heterocycles. The molecule has 2 rings (SSSR count). The molecule has 0 aromatic heterocycles. The van der Waals surface area contributed by atoms with Gasteiger partial charge in [-0.25, -0.2) is 17.5 Å². The highest BCUT2D eigenvalue weighted by Gasteiger charge is 2.34. The molecule has 0 saturated heterocycles. The fraction of sp³-hybridized carbons (Fsp3) is 0.571. The maximum absolute atomic E-state index is 13.9. The Bertz CT molecular complexity index is 599. The lowest BCUT2D eigenvalue weighted by Gasteiger charge is -2.18. The van der Waals surface area contributed by atoms with Crippen LogP contribution in [0.1, 0.15) is 38.7 Å². The fourth-order valence-electron chi connectivity index (χ4n) is 2.71. The molecule has 0 heterocycles. The molecule has 1 unspecified atom stereocenters. The third-order valence-corrected chi connectivity index (χ3v) is 5.37. The van der Waals surface area contributed by atoms with Crippen LogP contribution in [0.4, 0.5) is 4.39 Å². The van der Waals surface area contributed by atoms with E-state index in [1.807, 2.05) is 0 Å². The second kappa shape index (κ2) is 5.42. The van der Waals surface area contributed by atoms with Gasteiger partial charge in [0.25, 0.3) is 0 Å². The molecule has 1 saturated carbocycles. The normalized spacial score (nSPS) is 22.1. The third kappa shape index (κ3) is 3.37. The molecule has 1 atom stereocenters. The summed E-state index contributed by atoms with van der Waals surface area (Å²) in [6.07, 6.45) is 2.53. The SMILES string of the molecule is CC1(C)CCC(NS(=O)(=O)c2ccc(CN)cc2F)C1. The summed E-state index contributed by atoms with van der Waals surface area (Å²) in [5.74, 6) is -0.752. The van der Waals surface area contributed by atoms with E-state index in [1.54, 1.807) is 0 Å². The van der Waals surface area contributed by atoms with Gasteiger partial charge in [-0.15, -0.1) is 0 Å². The van der Waals surface area contributed by atoms with E-state index in [9.17, 15) is 12.8 Å². The van der Waals surface area contributed by atoms with Crippen LogP contribution in [0.25, 0.3) is 0 Å². The van der Waals surface area contributed by atoms with E-state index in [4.69, 9.17) is 5.73 Å². The fourth-order valence-corrected chi connectivity index (χ4v) is 4.04. The summed E-state index contributed by atoms with van der Waals surface area (Å²) < 4.78 is 41.0. The molecule has 20 heavy (non-hydrogen) atoms. The standard InChI is InChI=1S/C14H21FN2O2S/c1-14(2)6-5-11(8-14)17-20(18,19)13-4-3-10(9-16)7-12(13)15/h3-4,7,11,17H,5-6,8-9,16H2,1-2H3. The van der Waals surface area contributed by atoms with Gasteiger partial charge < -0.3 is 5.73 Å². The highest BCUT2D eigenvalue weighted by Crippen LogP contribution is 2.37. The number of halogens is 1. The van der Waals surface area contributed by atoms with Gasteiger partial charge in [0.1, 0.15) is 10.7 Å². The van der Waals surface area contributed by atoms with Crippen molar-refractivity contribution in [2.24, 2.45) is 11.1 Å². The van der Waals surface area contributed by atoms with Gasteiger partial charge in [0.2, 0.25) is 10.0 Å².